The first-order valence-corrected chi connectivity index (χ1v) is 6.76. The molecule has 0 saturated carbocycles. The molecule has 0 bridgehead atoms. The summed E-state index contributed by atoms with van der Waals surface area (Å²) >= 11 is 3.42. The van der Waals surface area contributed by atoms with Crippen LogP contribution in [0.15, 0.2) is 16.6 Å². The molecule has 0 amide bonds. The number of benzene rings is 1. The van der Waals surface area contributed by atoms with Crippen LogP contribution < -0.4 is 4.74 Å². The number of methoxy groups -OCH3 is 1. The minimum Gasteiger partial charge on any atom is -0.496 e. The van der Waals surface area contributed by atoms with Crippen molar-refractivity contribution in [2.75, 3.05) is 13.7 Å². The molecule has 1 aromatic carbocycles. The van der Waals surface area contributed by atoms with Crippen LogP contribution >= 0.6 is 15.9 Å². The van der Waals surface area contributed by atoms with Crippen molar-refractivity contribution in [3.05, 3.63) is 39.1 Å². The lowest BCUT2D eigenvalue weighted by Crippen LogP contribution is -2.37. The third-order valence-corrected chi connectivity index (χ3v) is 3.93. The maximum atomic E-state index is 12.0. The van der Waals surface area contributed by atoms with E-state index in [-0.39, 0.29) is 0 Å². The number of halogens is 1. The second kappa shape index (κ2) is 5.22. The average molecular weight is 324 g/mol. The summed E-state index contributed by atoms with van der Waals surface area (Å²) in [5.74, 6) is 0.277. The summed E-state index contributed by atoms with van der Waals surface area (Å²) in [6.07, 6.45) is 0.779. The van der Waals surface area contributed by atoms with Crippen LogP contribution in [0.5, 0.6) is 5.75 Å². The molecular weight excluding hydrogens is 310 g/mol. The van der Waals surface area contributed by atoms with Gasteiger partial charge in [-0.15, -0.1) is 0 Å². The first-order chi connectivity index (χ1) is 9.06. The number of ether oxygens (including phenoxy) is 2. The van der Waals surface area contributed by atoms with E-state index in [0.29, 0.717) is 25.2 Å². The van der Waals surface area contributed by atoms with Gasteiger partial charge in [0.15, 0.2) is 0 Å². The fourth-order valence-electron chi connectivity index (χ4n) is 2.35. The fourth-order valence-corrected chi connectivity index (χ4v) is 2.90. The number of rotatable bonds is 3. The molecule has 0 spiro atoms. The summed E-state index contributed by atoms with van der Waals surface area (Å²) in [4.78, 5) is 15.6. The third kappa shape index (κ3) is 2.33. The molecule has 1 aliphatic carbocycles. The summed E-state index contributed by atoms with van der Waals surface area (Å²) in [5.41, 5.74) is 0.866. The van der Waals surface area contributed by atoms with Gasteiger partial charge in [-0.2, -0.15) is 0 Å². The molecule has 2 rings (SSSR count). The molecule has 100 valence electrons. The molecule has 5 heteroatoms. The minimum absolute atomic E-state index is 0.291. The van der Waals surface area contributed by atoms with Crippen molar-refractivity contribution in [1.82, 2.24) is 0 Å². The Hall–Kier alpha value is -1.54. The van der Waals surface area contributed by atoms with Gasteiger partial charge in [-0.25, -0.2) is 11.4 Å². The number of carbonyl (C=O) groups excluding carboxylic acids is 1. The molecule has 1 atom stereocenters. The monoisotopic (exact) mass is 323 g/mol. The zero-order chi connectivity index (χ0) is 14.0. The van der Waals surface area contributed by atoms with E-state index in [0.717, 1.165) is 15.6 Å². The molecule has 1 aromatic rings. The number of esters is 1. The molecule has 0 N–H and O–H groups in total. The van der Waals surface area contributed by atoms with E-state index in [1.165, 1.54) is 0 Å². The van der Waals surface area contributed by atoms with Crippen molar-refractivity contribution in [3.8, 4) is 5.75 Å². The van der Waals surface area contributed by atoms with Gasteiger partial charge in [-0.1, -0.05) is 0 Å². The van der Waals surface area contributed by atoms with Crippen LogP contribution in [0.1, 0.15) is 18.1 Å². The van der Waals surface area contributed by atoms with Gasteiger partial charge < -0.3 is 9.47 Å². The topological polar surface area (TPSA) is 39.9 Å². The lowest BCUT2D eigenvalue weighted by molar-refractivity contribution is -0.147. The highest BCUT2D eigenvalue weighted by molar-refractivity contribution is 9.10. The van der Waals surface area contributed by atoms with E-state index in [1.807, 2.05) is 12.1 Å². The summed E-state index contributed by atoms with van der Waals surface area (Å²) in [6, 6.07) is 3.80. The smallest absolute Gasteiger partial charge is 0.394 e. The molecule has 4 nitrogen and oxygen atoms in total. The van der Waals surface area contributed by atoms with Crippen molar-refractivity contribution in [1.29, 1.82) is 0 Å². The second-order valence-electron chi connectivity index (χ2n) is 4.47. The zero-order valence-corrected chi connectivity index (χ0v) is 12.4. The van der Waals surface area contributed by atoms with Crippen molar-refractivity contribution < 1.29 is 14.3 Å². The highest BCUT2D eigenvalue weighted by Crippen LogP contribution is 2.39. The molecule has 1 aliphatic rings. The van der Waals surface area contributed by atoms with Gasteiger partial charge in [0.25, 0.3) is 0 Å². The molecule has 1 unspecified atom stereocenters. The van der Waals surface area contributed by atoms with Gasteiger partial charge in [0.1, 0.15) is 5.75 Å². The Morgan fingerprint density at radius 2 is 2.11 bits per heavy atom. The first-order valence-electron chi connectivity index (χ1n) is 5.97. The van der Waals surface area contributed by atoms with Gasteiger partial charge in [0.05, 0.1) is 31.0 Å². The highest BCUT2D eigenvalue weighted by Gasteiger charge is 2.52. The summed E-state index contributed by atoms with van der Waals surface area (Å²) in [5, 5.41) is 0. The minimum atomic E-state index is -1.11. The van der Waals surface area contributed by atoms with Crippen molar-refractivity contribution >= 4 is 21.9 Å². The summed E-state index contributed by atoms with van der Waals surface area (Å²) < 4.78 is 11.1. The van der Waals surface area contributed by atoms with Crippen molar-refractivity contribution in [2.45, 2.75) is 25.3 Å². The molecule has 0 radical (unpaired) electrons. The summed E-state index contributed by atoms with van der Waals surface area (Å²) in [7, 11) is 1.59. The first kappa shape index (κ1) is 13.9. The zero-order valence-electron chi connectivity index (χ0n) is 10.8. The van der Waals surface area contributed by atoms with Crippen LogP contribution in [0.2, 0.25) is 0 Å². The van der Waals surface area contributed by atoms with Gasteiger partial charge in [-0.3, -0.25) is 4.85 Å². The SMILES string of the molecule is [C-]#[N+]C1(C(=O)OCC)Cc2cc(Br)c(OC)cc2C1. The standard InChI is InChI=1S/C14H14BrNO3/c1-4-19-13(17)14(16-2)7-9-5-11(15)12(18-3)6-10(9)8-14/h5-6H,4,7-8H2,1,3H3. The Bertz CT molecular complexity index is 565. The molecule has 0 aliphatic heterocycles. The normalized spacial score (nSPS) is 20.5. The third-order valence-electron chi connectivity index (χ3n) is 3.31. The Balaban J connectivity index is 2.37. The van der Waals surface area contributed by atoms with Crippen molar-refractivity contribution in [3.63, 3.8) is 0 Å². The van der Waals surface area contributed by atoms with E-state index in [9.17, 15) is 4.79 Å². The van der Waals surface area contributed by atoms with E-state index in [4.69, 9.17) is 16.0 Å². The number of hydrogen-bond acceptors (Lipinski definition) is 3. The number of nitrogens with zero attached hydrogens (tertiary/aromatic N) is 1. The molecule has 0 aromatic heterocycles. The number of hydrogen-bond donors (Lipinski definition) is 0. The predicted molar refractivity (Wildman–Crippen MR) is 74.1 cm³/mol. The summed E-state index contributed by atoms with van der Waals surface area (Å²) in [6.45, 7) is 9.40. The van der Waals surface area contributed by atoms with Gasteiger partial charge >= 0.3 is 11.5 Å². The van der Waals surface area contributed by atoms with E-state index in [1.54, 1.807) is 14.0 Å². The van der Waals surface area contributed by atoms with Crippen LogP contribution in [0.4, 0.5) is 0 Å². The Morgan fingerprint density at radius 1 is 1.47 bits per heavy atom. The lowest BCUT2D eigenvalue weighted by Gasteiger charge is -2.13. The van der Waals surface area contributed by atoms with Gasteiger partial charge in [0.2, 0.25) is 0 Å². The molecule has 0 saturated heterocycles. The lowest BCUT2D eigenvalue weighted by atomic mass is 9.97. The van der Waals surface area contributed by atoms with E-state index < -0.39 is 11.5 Å². The van der Waals surface area contributed by atoms with Crippen LogP contribution in [0.3, 0.4) is 0 Å². The Kier molecular flexibility index (Phi) is 3.81. The number of carbonyl (C=O) groups is 1. The van der Waals surface area contributed by atoms with Gasteiger partial charge in [0, 0.05) is 0 Å². The largest absolute Gasteiger partial charge is 0.496 e. The maximum Gasteiger partial charge on any atom is 0.394 e. The molecule has 0 fully saturated rings. The average Bonchev–Trinajstić information content (AvgIpc) is 2.77. The van der Waals surface area contributed by atoms with Gasteiger partial charge in [-0.05, 0) is 46.1 Å². The molecule has 19 heavy (non-hydrogen) atoms. The van der Waals surface area contributed by atoms with Crippen LogP contribution in [0.25, 0.3) is 4.85 Å². The maximum absolute atomic E-state index is 12.0. The van der Waals surface area contributed by atoms with Crippen LogP contribution in [0, 0.1) is 6.57 Å². The quantitative estimate of drug-likeness (QED) is 0.634. The fraction of sp³-hybridized carbons (Fsp3) is 0.429. The van der Waals surface area contributed by atoms with E-state index >= 15 is 0 Å². The number of fused-ring (bicyclic) bond motifs is 1. The Morgan fingerprint density at radius 3 is 2.63 bits per heavy atom. The predicted octanol–water partition coefficient (Wildman–Crippen LogP) is 2.78. The van der Waals surface area contributed by atoms with Crippen LogP contribution in [-0.4, -0.2) is 25.2 Å². The molecular formula is C14H14BrNO3. The molecule has 0 heterocycles. The van der Waals surface area contributed by atoms with E-state index in [2.05, 4.69) is 20.8 Å². The second-order valence-corrected chi connectivity index (χ2v) is 5.33. The van der Waals surface area contributed by atoms with Crippen molar-refractivity contribution in [2.24, 2.45) is 0 Å². The van der Waals surface area contributed by atoms with Crippen LogP contribution in [-0.2, 0) is 22.4 Å². The highest BCUT2D eigenvalue weighted by atomic mass is 79.9. The Labute approximate surface area is 120 Å².